The summed E-state index contributed by atoms with van der Waals surface area (Å²) < 4.78 is 31.7. The van der Waals surface area contributed by atoms with Crippen molar-refractivity contribution in [2.45, 2.75) is 57.8 Å². The van der Waals surface area contributed by atoms with Crippen LogP contribution in [0.25, 0.3) is 0 Å². The van der Waals surface area contributed by atoms with Crippen LogP contribution in [0.3, 0.4) is 0 Å². The van der Waals surface area contributed by atoms with Crippen LogP contribution in [0.15, 0.2) is 12.2 Å². The summed E-state index contributed by atoms with van der Waals surface area (Å²) in [5.74, 6) is -2.76. The molecule has 0 aromatic heterocycles. The van der Waals surface area contributed by atoms with E-state index >= 15 is 0 Å². The third-order valence-corrected chi connectivity index (χ3v) is 2.30. The molecule has 0 aliphatic carbocycles. The lowest BCUT2D eigenvalue weighted by atomic mass is 9.80. The number of rotatable bonds is 0. The van der Waals surface area contributed by atoms with Crippen molar-refractivity contribution >= 4 is 5.97 Å². The summed E-state index contributed by atoms with van der Waals surface area (Å²) in [6.45, 7) is 13.0. The van der Waals surface area contributed by atoms with Gasteiger partial charge in [-0.2, -0.15) is 13.2 Å². The van der Waals surface area contributed by atoms with Gasteiger partial charge in [-0.05, 0) is 40.5 Å². The molecule has 1 aliphatic rings. The second-order valence-corrected chi connectivity index (χ2v) is 5.80. The van der Waals surface area contributed by atoms with Crippen LogP contribution in [0.5, 0.6) is 0 Å². The van der Waals surface area contributed by atoms with Crippen molar-refractivity contribution < 1.29 is 23.1 Å². The molecule has 3 nitrogen and oxygen atoms in total. The highest BCUT2D eigenvalue weighted by Crippen LogP contribution is 2.30. The normalized spacial score (nSPS) is 21.8. The van der Waals surface area contributed by atoms with E-state index in [4.69, 9.17) is 9.90 Å². The minimum absolute atomic E-state index is 0.235. The third kappa shape index (κ3) is 6.64. The van der Waals surface area contributed by atoms with E-state index in [9.17, 15) is 13.2 Å². The lowest BCUT2D eigenvalue weighted by Gasteiger charge is -2.43. The third-order valence-electron chi connectivity index (χ3n) is 2.30. The number of aliphatic carboxylic acids is 1. The van der Waals surface area contributed by atoms with Crippen LogP contribution >= 0.6 is 0 Å². The fourth-order valence-corrected chi connectivity index (χ4v) is 2.32. The van der Waals surface area contributed by atoms with E-state index in [-0.39, 0.29) is 11.1 Å². The molecule has 18 heavy (non-hydrogen) atoms. The first-order chi connectivity index (χ1) is 7.75. The molecule has 0 radical (unpaired) electrons. The fraction of sp³-hybridized carbons (Fsp3) is 0.750. The van der Waals surface area contributed by atoms with Gasteiger partial charge in [0.25, 0.3) is 0 Å². The molecule has 106 valence electrons. The van der Waals surface area contributed by atoms with Gasteiger partial charge in [0.05, 0.1) is 0 Å². The summed E-state index contributed by atoms with van der Waals surface area (Å²) >= 11 is 0. The molecule has 1 aliphatic heterocycles. The quantitative estimate of drug-likeness (QED) is 0.663. The van der Waals surface area contributed by atoms with E-state index in [1.807, 2.05) is 0 Å². The number of hydrogen-bond acceptors (Lipinski definition) is 2. The number of carboxylic acid groups (broad SMARTS) is 1. The molecule has 1 saturated heterocycles. The first-order valence-corrected chi connectivity index (χ1v) is 5.51. The van der Waals surface area contributed by atoms with Crippen molar-refractivity contribution in [2.75, 3.05) is 0 Å². The zero-order valence-electron chi connectivity index (χ0n) is 11.1. The van der Waals surface area contributed by atoms with E-state index in [1.54, 1.807) is 0 Å². The molecule has 1 fully saturated rings. The Morgan fingerprint density at radius 3 is 1.67 bits per heavy atom. The van der Waals surface area contributed by atoms with Crippen molar-refractivity contribution in [3.05, 3.63) is 12.2 Å². The van der Waals surface area contributed by atoms with Gasteiger partial charge in [-0.15, -0.1) is 0 Å². The summed E-state index contributed by atoms with van der Waals surface area (Å²) in [7, 11) is 0. The van der Waals surface area contributed by atoms with Crippen LogP contribution in [0, 0.1) is 0 Å². The maximum Gasteiger partial charge on any atom is 0.490 e. The lowest BCUT2D eigenvalue weighted by Crippen LogP contribution is -2.55. The molecule has 0 atom stereocenters. The standard InChI is InChI=1S/C10H19N.C2HF3O2/c1-8-6-9(2,3)11-10(4,5)7-8;3-2(4,5)1(6)7/h11H,1,6-7H2,2-5H3;(H,6,7). The van der Waals surface area contributed by atoms with Gasteiger partial charge >= 0.3 is 12.1 Å². The lowest BCUT2D eigenvalue weighted by molar-refractivity contribution is -0.192. The molecule has 0 aromatic rings. The first kappa shape index (κ1) is 17.0. The number of alkyl halides is 3. The maximum absolute atomic E-state index is 10.6. The number of nitrogens with one attached hydrogen (secondary N) is 1. The summed E-state index contributed by atoms with van der Waals surface area (Å²) in [5.41, 5.74) is 1.84. The number of carbonyl (C=O) groups is 1. The summed E-state index contributed by atoms with van der Waals surface area (Å²) in [6, 6.07) is 0. The van der Waals surface area contributed by atoms with Crippen LogP contribution in [0.4, 0.5) is 13.2 Å². The van der Waals surface area contributed by atoms with E-state index in [0.717, 1.165) is 12.8 Å². The fourth-order valence-electron chi connectivity index (χ4n) is 2.32. The number of carboxylic acids is 1. The summed E-state index contributed by atoms with van der Waals surface area (Å²) in [4.78, 5) is 8.90. The van der Waals surface area contributed by atoms with Crippen molar-refractivity contribution in [3.63, 3.8) is 0 Å². The predicted octanol–water partition coefficient (Wildman–Crippen LogP) is 3.12. The SMILES string of the molecule is C=C1CC(C)(C)NC(C)(C)C1.O=C(O)C(F)(F)F. The molecule has 0 amide bonds. The van der Waals surface area contributed by atoms with Gasteiger partial charge in [-0.25, -0.2) is 4.79 Å². The van der Waals surface area contributed by atoms with E-state index < -0.39 is 12.1 Å². The van der Waals surface area contributed by atoms with Crippen LogP contribution < -0.4 is 5.32 Å². The monoisotopic (exact) mass is 267 g/mol. The van der Waals surface area contributed by atoms with E-state index in [1.165, 1.54) is 5.57 Å². The van der Waals surface area contributed by atoms with Gasteiger partial charge in [0, 0.05) is 11.1 Å². The largest absolute Gasteiger partial charge is 0.490 e. The first-order valence-electron chi connectivity index (χ1n) is 5.51. The number of piperidine rings is 1. The average Bonchev–Trinajstić information content (AvgIpc) is 1.94. The Hall–Kier alpha value is -1.04. The van der Waals surface area contributed by atoms with Gasteiger partial charge in [0.15, 0.2) is 0 Å². The van der Waals surface area contributed by atoms with Crippen LogP contribution in [0.1, 0.15) is 40.5 Å². The second-order valence-electron chi connectivity index (χ2n) is 5.80. The molecule has 0 aromatic carbocycles. The Kier molecular flexibility index (Phi) is 4.99. The highest BCUT2D eigenvalue weighted by molar-refractivity contribution is 5.73. The Labute approximate surface area is 105 Å². The predicted molar refractivity (Wildman–Crippen MR) is 63.4 cm³/mol. The molecule has 0 saturated carbocycles. The zero-order valence-corrected chi connectivity index (χ0v) is 11.1. The Morgan fingerprint density at radius 2 is 1.50 bits per heavy atom. The molecular formula is C12H20F3NO2. The molecule has 1 rings (SSSR count). The highest BCUT2D eigenvalue weighted by Gasteiger charge is 2.38. The highest BCUT2D eigenvalue weighted by atomic mass is 19.4. The summed E-state index contributed by atoms with van der Waals surface area (Å²) in [6.07, 6.45) is -2.87. The second kappa shape index (κ2) is 5.30. The molecule has 6 heteroatoms. The van der Waals surface area contributed by atoms with Crippen molar-refractivity contribution in [1.29, 1.82) is 0 Å². The van der Waals surface area contributed by atoms with Gasteiger partial charge in [0.2, 0.25) is 0 Å². The molecule has 0 unspecified atom stereocenters. The molecule has 0 bridgehead atoms. The smallest absolute Gasteiger partial charge is 0.475 e. The van der Waals surface area contributed by atoms with Crippen molar-refractivity contribution in [1.82, 2.24) is 5.32 Å². The number of hydrogen-bond donors (Lipinski definition) is 2. The Morgan fingerprint density at radius 1 is 1.22 bits per heavy atom. The number of halogens is 3. The van der Waals surface area contributed by atoms with Crippen molar-refractivity contribution in [3.8, 4) is 0 Å². The minimum atomic E-state index is -5.08. The van der Waals surface area contributed by atoms with Crippen LogP contribution in [-0.4, -0.2) is 28.3 Å². The topological polar surface area (TPSA) is 49.3 Å². The molecular weight excluding hydrogens is 247 g/mol. The van der Waals surface area contributed by atoms with Gasteiger partial charge in [-0.1, -0.05) is 12.2 Å². The maximum atomic E-state index is 10.6. The Balaban J connectivity index is 0.000000360. The minimum Gasteiger partial charge on any atom is -0.475 e. The van der Waals surface area contributed by atoms with Gasteiger partial charge in [-0.3, -0.25) is 0 Å². The molecule has 2 N–H and O–H groups in total. The van der Waals surface area contributed by atoms with Gasteiger partial charge in [0.1, 0.15) is 0 Å². The zero-order chi connectivity index (χ0) is 14.8. The van der Waals surface area contributed by atoms with E-state index in [0.29, 0.717) is 0 Å². The van der Waals surface area contributed by atoms with E-state index in [2.05, 4.69) is 39.6 Å². The molecule has 0 spiro atoms. The van der Waals surface area contributed by atoms with Crippen LogP contribution in [0.2, 0.25) is 0 Å². The Bertz CT molecular complexity index is 315. The summed E-state index contributed by atoms with van der Waals surface area (Å²) in [5, 5.41) is 10.7. The van der Waals surface area contributed by atoms with Crippen LogP contribution in [-0.2, 0) is 4.79 Å². The molecule has 1 heterocycles. The average molecular weight is 267 g/mol. The van der Waals surface area contributed by atoms with Gasteiger partial charge < -0.3 is 10.4 Å². The van der Waals surface area contributed by atoms with Crippen molar-refractivity contribution in [2.24, 2.45) is 0 Å².